The fraction of sp³-hybridized carbons (Fsp3) is 0.111. The topological polar surface area (TPSA) is 122 Å². The van der Waals surface area contributed by atoms with Gasteiger partial charge in [0, 0.05) is 10.9 Å². The summed E-state index contributed by atoms with van der Waals surface area (Å²) in [5, 5.41) is 26.6. The van der Waals surface area contributed by atoms with Gasteiger partial charge in [-0.3, -0.25) is 10.3 Å². The molecular weight excluding hydrogens is 478 g/mol. The van der Waals surface area contributed by atoms with Crippen molar-refractivity contribution in [3.8, 4) is 17.2 Å². The number of nitrogens with two attached hydrogens (primary N) is 1. The number of fused-ring (bicyclic) bond motifs is 2. The van der Waals surface area contributed by atoms with Crippen molar-refractivity contribution in [2.24, 2.45) is 5.14 Å². The number of furan rings is 1. The van der Waals surface area contributed by atoms with Crippen LogP contribution in [0.25, 0.3) is 33.3 Å². The highest BCUT2D eigenvalue weighted by molar-refractivity contribution is 7.98. The predicted molar refractivity (Wildman–Crippen MR) is 140 cm³/mol. The van der Waals surface area contributed by atoms with E-state index in [-0.39, 0.29) is 12.2 Å². The molecule has 9 heteroatoms. The van der Waals surface area contributed by atoms with E-state index in [4.69, 9.17) is 19.3 Å². The molecule has 0 fully saturated rings. The average Bonchev–Trinajstić information content (AvgIpc) is 3.24. The second-order valence-electron chi connectivity index (χ2n) is 8.35. The highest BCUT2D eigenvalue weighted by Crippen LogP contribution is 2.37. The van der Waals surface area contributed by atoms with Crippen LogP contribution in [0, 0.1) is 13.8 Å². The molecule has 0 aliphatic heterocycles. The minimum absolute atomic E-state index is 0.0831. The van der Waals surface area contributed by atoms with Crippen molar-refractivity contribution < 1.29 is 24.3 Å². The smallest absolute Gasteiger partial charge is 0.336 e. The van der Waals surface area contributed by atoms with E-state index >= 15 is 0 Å². The number of ether oxygens (including phenoxy) is 1. The van der Waals surface area contributed by atoms with E-state index in [2.05, 4.69) is 0 Å². The minimum atomic E-state index is -1.08. The lowest BCUT2D eigenvalue weighted by Gasteiger charge is -2.15. The van der Waals surface area contributed by atoms with Crippen molar-refractivity contribution in [3.05, 3.63) is 89.0 Å². The first kappa shape index (κ1) is 23.7. The molecule has 0 amide bonds. The molecule has 0 radical (unpaired) electrons. The van der Waals surface area contributed by atoms with Crippen LogP contribution in [0.15, 0.2) is 71.1 Å². The Hall–Kier alpha value is -4.05. The number of anilines is 1. The fourth-order valence-electron chi connectivity index (χ4n) is 4.21. The SMILES string of the molecule is Cc1c(-c2cc(C(=O)O)c3c(OCc4ccc(N(O)SN)cc4)ccc(C)c3n2)oc2ccccc12. The van der Waals surface area contributed by atoms with Gasteiger partial charge in [0.15, 0.2) is 5.76 Å². The van der Waals surface area contributed by atoms with Gasteiger partial charge < -0.3 is 14.3 Å². The van der Waals surface area contributed by atoms with Gasteiger partial charge in [-0.1, -0.05) is 36.4 Å². The van der Waals surface area contributed by atoms with Crippen molar-refractivity contribution in [2.75, 3.05) is 4.47 Å². The van der Waals surface area contributed by atoms with Crippen LogP contribution in [-0.4, -0.2) is 21.3 Å². The maximum Gasteiger partial charge on any atom is 0.336 e. The van der Waals surface area contributed by atoms with Gasteiger partial charge in [0.1, 0.15) is 23.6 Å². The van der Waals surface area contributed by atoms with E-state index in [0.29, 0.717) is 45.9 Å². The maximum absolute atomic E-state index is 12.4. The summed E-state index contributed by atoms with van der Waals surface area (Å²) < 4.78 is 13.0. The van der Waals surface area contributed by atoms with Crippen LogP contribution in [0.2, 0.25) is 0 Å². The van der Waals surface area contributed by atoms with E-state index in [1.54, 1.807) is 30.3 Å². The summed E-state index contributed by atoms with van der Waals surface area (Å²) in [7, 11) is 0. The van der Waals surface area contributed by atoms with Gasteiger partial charge in [-0.05, 0) is 55.3 Å². The van der Waals surface area contributed by atoms with E-state index in [0.717, 1.165) is 32.1 Å². The van der Waals surface area contributed by atoms with Gasteiger partial charge in [0.25, 0.3) is 0 Å². The lowest BCUT2D eigenvalue weighted by atomic mass is 10.0. The Balaban J connectivity index is 1.57. The standard InChI is InChI=1S/C27H23N3O5S/c1-15-7-12-23(34-14-17-8-10-18(11-9-17)30(33)36-28)24-20(27(31)32)13-21(29-25(15)24)26-16(2)19-5-3-4-6-22(19)35-26/h3-13,33H,14,28H2,1-2H3,(H,31,32). The van der Waals surface area contributed by atoms with Crippen LogP contribution >= 0.6 is 12.1 Å². The van der Waals surface area contributed by atoms with Gasteiger partial charge in [0.2, 0.25) is 0 Å². The Morgan fingerprint density at radius 3 is 2.56 bits per heavy atom. The molecule has 0 atom stereocenters. The van der Waals surface area contributed by atoms with E-state index in [1.807, 2.05) is 44.2 Å². The average molecular weight is 502 g/mol. The predicted octanol–water partition coefficient (Wildman–Crippen LogP) is 6.26. The van der Waals surface area contributed by atoms with Crippen LogP contribution in [-0.2, 0) is 6.61 Å². The molecule has 0 aliphatic carbocycles. The molecule has 0 saturated carbocycles. The van der Waals surface area contributed by atoms with Crippen molar-refractivity contribution >= 4 is 45.7 Å². The van der Waals surface area contributed by atoms with Crippen molar-refractivity contribution in [1.29, 1.82) is 0 Å². The number of aromatic carboxylic acids is 1. The molecule has 0 unspecified atom stereocenters. The molecule has 2 heterocycles. The minimum Gasteiger partial charge on any atom is -0.488 e. The summed E-state index contributed by atoms with van der Waals surface area (Å²) in [6, 6.07) is 19.8. The summed E-state index contributed by atoms with van der Waals surface area (Å²) in [5.41, 5.74) is 4.88. The second-order valence-corrected chi connectivity index (χ2v) is 8.91. The third kappa shape index (κ3) is 4.24. The molecule has 8 nitrogen and oxygen atoms in total. The van der Waals surface area contributed by atoms with E-state index in [1.165, 1.54) is 6.07 Å². The number of carboxylic acid groups (broad SMARTS) is 1. The van der Waals surface area contributed by atoms with E-state index < -0.39 is 5.97 Å². The lowest BCUT2D eigenvalue weighted by molar-refractivity contribution is 0.0698. The van der Waals surface area contributed by atoms with Gasteiger partial charge in [-0.25, -0.2) is 9.78 Å². The number of benzene rings is 3. The monoisotopic (exact) mass is 501 g/mol. The molecule has 182 valence electrons. The van der Waals surface area contributed by atoms with Crippen LogP contribution in [0.1, 0.15) is 27.0 Å². The number of para-hydroxylation sites is 1. The van der Waals surface area contributed by atoms with Gasteiger partial charge in [-0.15, -0.1) is 0 Å². The Kier molecular flexibility index (Phi) is 6.27. The van der Waals surface area contributed by atoms with Gasteiger partial charge in [0.05, 0.1) is 34.3 Å². The largest absolute Gasteiger partial charge is 0.488 e. The van der Waals surface area contributed by atoms with Crippen LogP contribution in [0.5, 0.6) is 5.75 Å². The maximum atomic E-state index is 12.4. The number of nitrogens with zero attached hydrogens (tertiary/aromatic N) is 2. The van der Waals surface area contributed by atoms with Crippen LogP contribution in [0.4, 0.5) is 5.69 Å². The molecule has 5 aromatic rings. The zero-order valence-corrected chi connectivity index (χ0v) is 20.4. The highest BCUT2D eigenvalue weighted by Gasteiger charge is 2.21. The molecular formula is C27H23N3O5S. The number of aryl methyl sites for hydroxylation is 2. The molecule has 5 rings (SSSR count). The van der Waals surface area contributed by atoms with Crippen molar-refractivity contribution in [1.82, 2.24) is 4.98 Å². The summed E-state index contributed by atoms with van der Waals surface area (Å²) in [6.45, 7) is 4.02. The van der Waals surface area contributed by atoms with Crippen molar-refractivity contribution in [2.45, 2.75) is 20.5 Å². The Labute approximate surface area is 211 Å². The van der Waals surface area contributed by atoms with Crippen LogP contribution < -0.4 is 14.3 Å². The first-order chi connectivity index (χ1) is 17.4. The summed E-state index contributed by atoms with van der Waals surface area (Å²) >= 11 is 0.691. The fourth-order valence-corrected chi connectivity index (χ4v) is 4.45. The lowest BCUT2D eigenvalue weighted by Crippen LogP contribution is -2.10. The molecule has 0 saturated heterocycles. The molecule has 3 aromatic carbocycles. The number of pyridine rings is 1. The summed E-state index contributed by atoms with van der Waals surface area (Å²) in [6.07, 6.45) is 0. The number of aromatic nitrogens is 1. The first-order valence-corrected chi connectivity index (χ1v) is 11.9. The van der Waals surface area contributed by atoms with Crippen molar-refractivity contribution in [3.63, 3.8) is 0 Å². The Morgan fingerprint density at radius 2 is 1.86 bits per heavy atom. The van der Waals surface area contributed by atoms with E-state index in [9.17, 15) is 15.1 Å². The number of carboxylic acids is 1. The third-order valence-electron chi connectivity index (χ3n) is 6.08. The summed E-state index contributed by atoms with van der Waals surface area (Å²) in [5.74, 6) is -0.127. The molecule has 4 N–H and O–H groups in total. The number of carbonyl (C=O) groups is 1. The van der Waals surface area contributed by atoms with Gasteiger partial charge >= 0.3 is 5.97 Å². The zero-order valence-electron chi connectivity index (χ0n) is 19.6. The Bertz CT molecular complexity index is 1600. The number of hydrogen-bond donors (Lipinski definition) is 3. The number of rotatable bonds is 7. The molecule has 2 aromatic heterocycles. The molecule has 0 aliphatic rings. The third-order valence-corrected chi connectivity index (χ3v) is 6.49. The molecule has 0 spiro atoms. The van der Waals surface area contributed by atoms with Crippen LogP contribution in [0.3, 0.4) is 0 Å². The Morgan fingerprint density at radius 1 is 1.11 bits per heavy atom. The quantitative estimate of drug-likeness (QED) is 0.175. The molecule has 36 heavy (non-hydrogen) atoms. The zero-order chi connectivity index (χ0) is 25.4. The second kappa shape index (κ2) is 9.54. The first-order valence-electron chi connectivity index (χ1n) is 11.1. The highest BCUT2D eigenvalue weighted by atomic mass is 32.2. The van der Waals surface area contributed by atoms with Gasteiger partial charge in [-0.2, -0.15) is 4.47 Å². The molecule has 0 bridgehead atoms. The number of hydrogen-bond acceptors (Lipinski definition) is 8. The summed E-state index contributed by atoms with van der Waals surface area (Å²) in [4.78, 5) is 17.2. The normalized spacial score (nSPS) is 11.2.